The van der Waals surface area contributed by atoms with Crippen LogP contribution in [0.25, 0.3) is 5.57 Å². The highest BCUT2D eigenvalue weighted by Crippen LogP contribution is 2.29. The molecule has 1 N–H and O–H groups in total. The number of likely N-dealkylation sites (tertiary alicyclic amines) is 1. The number of carbonyl (C=O) groups is 3. The zero-order valence-corrected chi connectivity index (χ0v) is 20.6. The first-order valence-electron chi connectivity index (χ1n) is 11.6. The van der Waals surface area contributed by atoms with Crippen molar-refractivity contribution in [1.82, 2.24) is 14.8 Å². The Balaban J connectivity index is 1.70. The number of benzene rings is 1. The van der Waals surface area contributed by atoms with Crippen LogP contribution in [-0.4, -0.2) is 40.7 Å². The third-order valence-electron chi connectivity index (χ3n) is 6.29. The normalized spacial score (nSPS) is 16.3. The fraction of sp³-hybridized carbons (Fsp3) is 0.333. The molecule has 0 radical (unpaired) electrons. The van der Waals surface area contributed by atoms with E-state index >= 15 is 0 Å². The van der Waals surface area contributed by atoms with Gasteiger partial charge in [0.2, 0.25) is 5.91 Å². The Morgan fingerprint density at radius 1 is 1.17 bits per heavy atom. The van der Waals surface area contributed by atoms with Crippen LogP contribution in [0.1, 0.15) is 47.4 Å². The summed E-state index contributed by atoms with van der Waals surface area (Å²) in [6, 6.07) is 8.49. The fourth-order valence-electron chi connectivity index (χ4n) is 4.51. The number of hydrogen-bond acceptors (Lipinski definition) is 4. The number of nitrogens with zero attached hydrogens (tertiary/aromatic N) is 2. The van der Waals surface area contributed by atoms with Crippen molar-refractivity contribution >= 4 is 35.3 Å². The van der Waals surface area contributed by atoms with Gasteiger partial charge >= 0.3 is 0 Å². The number of aromatic nitrogens is 1. The third-order valence-corrected chi connectivity index (χ3v) is 6.55. The van der Waals surface area contributed by atoms with E-state index in [0.717, 1.165) is 5.56 Å². The largest absolute Gasteiger partial charge is 0.348 e. The smallest absolute Gasteiger partial charge is 0.264 e. The lowest BCUT2D eigenvalue weighted by atomic mass is 9.84. The zero-order valence-electron chi connectivity index (χ0n) is 19.8. The summed E-state index contributed by atoms with van der Waals surface area (Å²) in [4.78, 5) is 53.2. The lowest BCUT2D eigenvalue weighted by Gasteiger charge is -2.46. The number of pyridine rings is 1. The summed E-state index contributed by atoms with van der Waals surface area (Å²) < 4.78 is 1.37. The molecule has 2 aliphatic rings. The standard InChI is InChI=1S/C27H28ClN3O4/c1-27(2)16-30(17-27)24(33)14-31-23-7-5-3-4-6-19(15-32)21(23)12-22(26(31)35)25(34)29-13-18-8-10-20(28)11-9-18/h3-4,6,8-12,15H,5,7,13-14,16-17H2,1-2H3,(H,29,34). The van der Waals surface area contributed by atoms with Gasteiger partial charge in [0.25, 0.3) is 11.5 Å². The van der Waals surface area contributed by atoms with E-state index < -0.39 is 11.5 Å². The summed E-state index contributed by atoms with van der Waals surface area (Å²) in [7, 11) is 0. The second-order valence-electron chi connectivity index (χ2n) is 9.74. The Kier molecular flexibility index (Phi) is 7.08. The van der Waals surface area contributed by atoms with Gasteiger partial charge in [0.05, 0.1) is 0 Å². The van der Waals surface area contributed by atoms with Gasteiger partial charge in [-0.25, -0.2) is 0 Å². The monoisotopic (exact) mass is 493 g/mol. The first-order chi connectivity index (χ1) is 16.7. The number of amides is 2. The predicted octanol–water partition coefficient (Wildman–Crippen LogP) is 3.38. The number of allylic oxidation sites excluding steroid dienone is 4. The molecule has 1 aromatic carbocycles. The van der Waals surface area contributed by atoms with E-state index in [1.807, 2.05) is 6.08 Å². The average Bonchev–Trinajstić information content (AvgIpc) is 2.79. The van der Waals surface area contributed by atoms with Crippen molar-refractivity contribution in [3.05, 3.63) is 86.3 Å². The third kappa shape index (κ3) is 5.46. The molecule has 0 unspecified atom stereocenters. The number of carbonyl (C=O) groups excluding carboxylic acids is 3. The van der Waals surface area contributed by atoms with E-state index in [1.165, 1.54) is 10.6 Å². The van der Waals surface area contributed by atoms with Gasteiger partial charge in [-0.3, -0.25) is 19.2 Å². The van der Waals surface area contributed by atoms with E-state index in [0.29, 0.717) is 54.1 Å². The molecule has 1 aliphatic heterocycles. The molecule has 0 atom stereocenters. The minimum atomic E-state index is -0.568. The maximum atomic E-state index is 13.5. The van der Waals surface area contributed by atoms with Gasteiger partial charge in [-0.2, -0.15) is 0 Å². The Labute approximate surface area is 209 Å². The number of halogens is 1. The molecule has 1 aliphatic carbocycles. The van der Waals surface area contributed by atoms with Crippen LogP contribution >= 0.6 is 11.6 Å². The van der Waals surface area contributed by atoms with Gasteiger partial charge in [-0.15, -0.1) is 0 Å². The van der Waals surface area contributed by atoms with Crippen molar-refractivity contribution < 1.29 is 14.4 Å². The molecule has 8 heteroatoms. The van der Waals surface area contributed by atoms with E-state index in [-0.39, 0.29) is 30.0 Å². The first kappa shape index (κ1) is 24.7. The van der Waals surface area contributed by atoms with Gasteiger partial charge in [-0.1, -0.05) is 55.8 Å². The van der Waals surface area contributed by atoms with Crippen LogP contribution in [0.2, 0.25) is 5.02 Å². The molecule has 2 heterocycles. The van der Waals surface area contributed by atoms with Crippen LogP contribution in [-0.2, 0) is 29.1 Å². The molecule has 7 nitrogen and oxygen atoms in total. The van der Waals surface area contributed by atoms with E-state index in [1.54, 1.807) is 41.3 Å². The highest BCUT2D eigenvalue weighted by Gasteiger charge is 2.37. The topological polar surface area (TPSA) is 88.5 Å². The molecule has 1 saturated heterocycles. The number of hydrogen-bond donors (Lipinski definition) is 1. The van der Waals surface area contributed by atoms with Crippen molar-refractivity contribution in [3.63, 3.8) is 0 Å². The second kappa shape index (κ2) is 10.0. The summed E-state index contributed by atoms with van der Waals surface area (Å²) >= 11 is 5.92. The number of aldehydes is 1. The maximum Gasteiger partial charge on any atom is 0.264 e. The van der Waals surface area contributed by atoms with Crippen LogP contribution in [0.3, 0.4) is 0 Å². The molecule has 1 fully saturated rings. The molecule has 35 heavy (non-hydrogen) atoms. The minimum absolute atomic E-state index is 0.0526. The molecule has 4 rings (SSSR count). The molecular formula is C27H28ClN3O4. The van der Waals surface area contributed by atoms with E-state index in [9.17, 15) is 19.2 Å². The van der Waals surface area contributed by atoms with Crippen molar-refractivity contribution in [2.45, 2.75) is 39.8 Å². The van der Waals surface area contributed by atoms with Crippen LogP contribution < -0.4 is 10.9 Å². The summed E-state index contributed by atoms with van der Waals surface area (Å²) in [6.45, 7) is 5.42. The van der Waals surface area contributed by atoms with Gasteiger partial charge < -0.3 is 14.8 Å². The minimum Gasteiger partial charge on any atom is -0.348 e. The molecule has 2 amide bonds. The quantitative estimate of drug-likeness (QED) is 0.625. The molecule has 0 saturated carbocycles. The number of rotatable bonds is 6. The van der Waals surface area contributed by atoms with Crippen molar-refractivity contribution in [3.8, 4) is 0 Å². The van der Waals surface area contributed by atoms with Crippen molar-refractivity contribution in [1.29, 1.82) is 0 Å². The van der Waals surface area contributed by atoms with Gasteiger partial charge in [0.15, 0.2) is 6.29 Å². The lowest BCUT2D eigenvalue weighted by molar-refractivity contribution is -0.142. The summed E-state index contributed by atoms with van der Waals surface area (Å²) in [5.41, 5.74) is 1.67. The number of nitrogens with one attached hydrogen (secondary N) is 1. The molecular weight excluding hydrogens is 466 g/mol. The average molecular weight is 494 g/mol. The fourth-order valence-corrected chi connectivity index (χ4v) is 4.64. The molecule has 0 bridgehead atoms. The first-order valence-corrected chi connectivity index (χ1v) is 12.0. The van der Waals surface area contributed by atoms with E-state index in [2.05, 4.69) is 19.2 Å². The molecule has 1 aromatic heterocycles. The van der Waals surface area contributed by atoms with Crippen LogP contribution in [0.15, 0.2) is 53.4 Å². The number of fused-ring (bicyclic) bond motifs is 1. The van der Waals surface area contributed by atoms with Crippen molar-refractivity contribution in [2.24, 2.45) is 5.41 Å². The Morgan fingerprint density at radius 3 is 2.54 bits per heavy atom. The lowest BCUT2D eigenvalue weighted by Crippen LogP contribution is -2.56. The highest BCUT2D eigenvalue weighted by molar-refractivity contribution is 6.30. The van der Waals surface area contributed by atoms with E-state index in [4.69, 9.17) is 11.6 Å². The second-order valence-corrected chi connectivity index (χ2v) is 10.2. The van der Waals surface area contributed by atoms with Crippen LogP contribution in [0.4, 0.5) is 0 Å². The van der Waals surface area contributed by atoms with Gasteiger partial charge in [-0.05, 0) is 42.0 Å². The van der Waals surface area contributed by atoms with Crippen molar-refractivity contribution in [2.75, 3.05) is 13.1 Å². The SMILES string of the molecule is CC1(C)CN(C(=O)Cn2c3c(cc(C(=O)NCc4ccc(Cl)cc4)c2=O)C(C=O)=CC=CCC3)C1. The highest BCUT2D eigenvalue weighted by atomic mass is 35.5. The maximum absolute atomic E-state index is 13.5. The van der Waals surface area contributed by atoms with Gasteiger partial charge in [0.1, 0.15) is 12.1 Å². The summed E-state index contributed by atoms with van der Waals surface area (Å²) in [5.74, 6) is -0.747. The van der Waals surface area contributed by atoms with Crippen LogP contribution in [0.5, 0.6) is 0 Å². The summed E-state index contributed by atoms with van der Waals surface area (Å²) in [5, 5.41) is 3.35. The Bertz CT molecular complexity index is 1280. The molecule has 182 valence electrons. The Morgan fingerprint density at radius 2 is 1.89 bits per heavy atom. The van der Waals surface area contributed by atoms with Crippen LogP contribution in [0, 0.1) is 5.41 Å². The molecule has 0 spiro atoms. The Hall–Kier alpha value is -3.45. The summed E-state index contributed by atoms with van der Waals surface area (Å²) in [6.07, 6.45) is 7.18. The predicted molar refractivity (Wildman–Crippen MR) is 135 cm³/mol. The zero-order chi connectivity index (χ0) is 25.2. The molecule has 2 aromatic rings. The van der Waals surface area contributed by atoms with Gasteiger partial charge in [0, 0.05) is 41.5 Å².